The lowest BCUT2D eigenvalue weighted by Gasteiger charge is -2.13. The average molecular weight is 304 g/mol. The molecule has 6 nitrogen and oxygen atoms in total. The van der Waals surface area contributed by atoms with Gasteiger partial charge in [-0.1, -0.05) is 19.8 Å². The summed E-state index contributed by atoms with van der Waals surface area (Å²) in [7, 11) is 1.58. The van der Waals surface area contributed by atoms with Crippen LogP contribution in [0.3, 0.4) is 0 Å². The zero-order valence-electron chi connectivity index (χ0n) is 12.7. The fraction of sp³-hybridized carbons (Fsp3) is 0.375. The summed E-state index contributed by atoms with van der Waals surface area (Å²) in [5.74, 6) is -0.733. The predicted molar refractivity (Wildman–Crippen MR) is 83.3 cm³/mol. The van der Waals surface area contributed by atoms with Crippen molar-refractivity contribution in [2.75, 3.05) is 7.11 Å². The highest BCUT2D eigenvalue weighted by molar-refractivity contribution is 5.99. The number of methoxy groups -OCH3 is 1. The molecule has 1 aromatic heterocycles. The highest BCUT2D eigenvalue weighted by Gasteiger charge is 2.21. The monoisotopic (exact) mass is 304 g/mol. The average Bonchev–Trinajstić information content (AvgIpc) is 2.93. The van der Waals surface area contributed by atoms with Crippen molar-refractivity contribution in [3.8, 4) is 5.75 Å². The number of hydrogen-bond donors (Lipinski definition) is 3. The second-order valence-electron chi connectivity index (χ2n) is 5.14. The number of aromatic nitrogens is 1. The molecule has 1 aromatic carbocycles. The van der Waals surface area contributed by atoms with Gasteiger partial charge in [0.2, 0.25) is 0 Å². The minimum Gasteiger partial charge on any atom is -0.497 e. The molecule has 0 aliphatic rings. The smallest absolute Gasteiger partial charge is 0.326 e. The van der Waals surface area contributed by atoms with Crippen LogP contribution in [0.15, 0.2) is 24.3 Å². The fourth-order valence-corrected chi connectivity index (χ4v) is 2.26. The Labute approximate surface area is 128 Å². The van der Waals surface area contributed by atoms with Gasteiger partial charge in [0.1, 0.15) is 17.5 Å². The number of fused-ring (bicyclic) bond motifs is 1. The Kier molecular flexibility index (Phi) is 5.04. The van der Waals surface area contributed by atoms with Gasteiger partial charge in [0.05, 0.1) is 7.11 Å². The molecule has 3 N–H and O–H groups in total. The number of aliphatic carboxylic acids is 1. The first-order chi connectivity index (χ1) is 10.5. The second kappa shape index (κ2) is 6.98. The summed E-state index contributed by atoms with van der Waals surface area (Å²) >= 11 is 0. The standard InChI is InChI=1S/C16H20N2O4/c1-3-4-5-13(16(20)21)18-15(19)14-9-10-8-11(22-2)6-7-12(10)17-14/h6-9,13,17H,3-5H2,1-2H3,(H,18,19)(H,20,21). The Morgan fingerprint density at radius 3 is 2.77 bits per heavy atom. The van der Waals surface area contributed by atoms with Gasteiger partial charge in [0, 0.05) is 10.9 Å². The molecule has 1 heterocycles. The van der Waals surface area contributed by atoms with E-state index in [1.165, 1.54) is 0 Å². The number of carbonyl (C=O) groups excluding carboxylic acids is 1. The quantitative estimate of drug-likeness (QED) is 0.733. The van der Waals surface area contributed by atoms with Crippen molar-refractivity contribution in [3.05, 3.63) is 30.0 Å². The largest absolute Gasteiger partial charge is 0.497 e. The number of carbonyl (C=O) groups is 2. The zero-order chi connectivity index (χ0) is 16.1. The third-order valence-corrected chi connectivity index (χ3v) is 3.52. The molecule has 1 amide bonds. The Hall–Kier alpha value is -2.50. The van der Waals surface area contributed by atoms with Gasteiger partial charge in [0.15, 0.2) is 0 Å². The van der Waals surface area contributed by atoms with Crippen LogP contribution in [0.1, 0.15) is 36.7 Å². The van der Waals surface area contributed by atoms with Crippen LogP contribution in [0.2, 0.25) is 0 Å². The first-order valence-electron chi connectivity index (χ1n) is 7.25. The molecule has 0 saturated heterocycles. The molecule has 2 rings (SSSR count). The molecule has 0 aliphatic carbocycles. The molecule has 0 fully saturated rings. The first kappa shape index (κ1) is 15.9. The number of ether oxygens (including phenoxy) is 1. The lowest BCUT2D eigenvalue weighted by Crippen LogP contribution is -2.40. The van der Waals surface area contributed by atoms with Crippen molar-refractivity contribution >= 4 is 22.8 Å². The first-order valence-corrected chi connectivity index (χ1v) is 7.25. The Bertz CT molecular complexity index is 678. The maximum atomic E-state index is 12.2. The second-order valence-corrected chi connectivity index (χ2v) is 5.14. The third-order valence-electron chi connectivity index (χ3n) is 3.52. The minimum absolute atomic E-state index is 0.339. The van der Waals surface area contributed by atoms with Crippen molar-refractivity contribution in [1.29, 1.82) is 0 Å². The molecular weight excluding hydrogens is 284 g/mol. The SMILES string of the molecule is CCCCC(NC(=O)c1cc2cc(OC)ccc2[nH]1)C(=O)O. The maximum Gasteiger partial charge on any atom is 0.326 e. The molecule has 6 heteroatoms. The predicted octanol–water partition coefficient (Wildman–Crippen LogP) is 2.55. The molecular formula is C16H20N2O4. The molecule has 1 unspecified atom stereocenters. The van der Waals surface area contributed by atoms with Crippen molar-refractivity contribution < 1.29 is 19.4 Å². The van der Waals surface area contributed by atoms with E-state index >= 15 is 0 Å². The Morgan fingerprint density at radius 1 is 1.36 bits per heavy atom. The lowest BCUT2D eigenvalue weighted by atomic mass is 10.1. The number of rotatable bonds is 7. The summed E-state index contributed by atoms with van der Waals surface area (Å²) in [5, 5.41) is 12.6. The number of aromatic amines is 1. The highest BCUT2D eigenvalue weighted by atomic mass is 16.5. The lowest BCUT2D eigenvalue weighted by molar-refractivity contribution is -0.139. The Morgan fingerprint density at radius 2 is 2.14 bits per heavy atom. The van der Waals surface area contributed by atoms with Crippen LogP contribution in [0.4, 0.5) is 0 Å². The van der Waals surface area contributed by atoms with E-state index < -0.39 is 17.9 Å². The van der Waals surface area contributed by atoms with E-state index in [4.69, 9.17) is 9.84 Å². The van der Waals surface area contributed by atoms with Crippen molar-refractivity contribution in [2.45, 2.75) is 32.2 Å². The molecule has 1 atom stereocenters. The van der Waals surface area contributed by atoms with Crippen LogP contribution in [-0.4, -0.2) is 35.1 Å². The van der Waals surface area contributed by atoms with E-state index in [1.54, 1.807) is 19.2 Å². The number of benzene rings is 1. The normalized spacial score (nSPS) is 12.1. The minimum atomic E-state index is -1.01. The molecule has 118 valence electrons. The summed E-state index contributed by atoms with van der Waals surface area (Å²) in [6.45, 7) is 1.98. The van der Waals surface area contributed by atoms with E-state index in [0.29, 0.717) is 17.9 Å². The zero-order valence-corrected chi connectivity index (χ0v) is 12.7. The van der Waals surface area contributed by atoms with Crippen molar-refractivity contribution in [3.63, 3.8) is 0 Å². The number of H-pyrrole nitrogens is 1. The van der Waals surface area contributed by atoms with E-state index in [2.05, 4.69) is 10.3 Å². The van der Waals surface area contributed by atoms with Crippen LogP contribution in [0.5, 0.6) is 5.75 Å². The van der Waals surface area contributed by atoms with E-state index in [1.807, 2.05) is 19.1 Å². The van der Waals surface area contributed by atoms with Gasteiger partial charge in [-0.05, 0) is 30.7 Å². The van der Waals surface area contributed by atoms with Crippen LogP contribution >= 0.6 is 0 Å². The number of unbranched alkanes of at least 4 members (excludes halogenated alkanes) is 1. The molecule has 0 aliphatic heterocycles. The fourth-order valence-electron chi connectivity index (χ4n) is 2.26. The van der Waals surface area contributed by atoms with E-state index in [0.717, 1.165) is 23.7 Å². The summed E-state index contributed by atoms with van der Waals surface area (Å²) in [5.41, 5.74) is 1.14. The van der Waals surface area contributed by atoms with Gasteiger partial charge >= 0.3 is 5.97 Å². The van der Waals surface area contributed by atoms with E-state index in [9.17, 15) is 9.59 Å². The van der Waals surface area contributed by atoms with Gasteiger partial charge in [-0.25, -0.2) is 4.79 Å². The van der Waals surface area contributed by atoms with Gasteiger partial charge in [-0.15, -0.1) is 0 Å². The number of carboxylic acids is 1. The van der Waals surface area contributed by atoms with Gasteiger partial charge in [-0.3, -0.25) is 4.79 Å². The Balaban J connectivity index is 2.16. The van der Waals surface area contributed by atoms with Gasteiger partial charge in [-0.2, -0.15) is 0 Å². The molecule has 22 heavy (non-hydrogen) atoms. The number of hydrogen-bond acceptors (Lipinski definition) is 3. The molecule has 2 aromatic rings. The molecule has 0 saturated carbocycles. The molecule has 0 bridgehead atoms. The maximum absolute atomic E-state index is 12.2. The third kappa shape index (κ3) is 3.58. The van der Waals surface area contributed by atoms with Gasteiger partial charge < -0.3 is 20.1 Å². The van der Waals surface area contributed by atoms with Gasteiger partial charge in [0.25, 0.3) is 5.91 Å². The molecule has 0 spiro atoms. The van der Waals surface area contributed by atoms with Crippen LogP contribution < -0.4 is 10.1 Å². The van der Waals surface area contributed by atoms with Crippen molar-refractivity contribution in [2.24, 2.45) is 0 Å². The van der Waals surface area contributed by atoms with Crippen LogP contribution in [0, 0.1) is 0 Å². The van der Waals surface area contributed by atoms with Crippen LogP contribution in [-0.2, 0) is 4.79 Å². The number of carboxylic acid groups (broad SMARTS) is 1. The molecule has 0 radical (unpaired) electrons. The number of amides is 1. The van der Waals surface area contributed by atoms with E-state index in [-0.39, 0.29) is 0 Å². The van der Waals surface area contributed by atoms with Crippen LogP contribution in [0.25, 0.3) is 10.9 Å². The summed E-state index contributed by atoms with van der Waals surface area (Å²) in [6.07, 6.45) is 2.05. The highest BCUT2D eigenvalue weighted by Crippen LogP contribution is 2.21. The number of nitrogens with one attached hydrogen (secondary N) is 2. The van der Waals surface area contributed by atoms with Crippen molar-refractivity contribution in [1.82, 2.24) is 10.3 Å². The summed E-state index contributed by atoms with van der Waals surface area (Å²) in [6, 6.07) is 6.24. The summed E-state index contributed by atoms with van der Waals surface area (Å²) < 4.78 is 5.14. The summed E-state index contributed by atoms with van der Waals surface area (Å²) in [4.78, 5) is 26.4. The topological polar surface area (TPSA) is 91.4 Å².